The summed E-state index contributed by atoms with van der Waals surface area (Å²) in [5.41, 5.74) is 1.63. The average Bonchev–Trinajstić information content (AvgIpc) is 2.73. The summed E-state index contributed by atoms with van der Waals surface area (Å²) in [7, 11) is 1.79. The maximum Gasteiger partial charge on any atom is 0.231 e. The Balaban J connectivity index is 2.24. The summed E-state index contributed by atoms with van der Waals surface area (Å²) < 4.78 is 0. The molecule has 1 heterocycles. The molecular formula is C16H22N2O2. The first-order valence-corrected chi connectivity index (χ1v) is 7.08. The molecule has 0 aromatic heterocycles. The Hall–Kier alpha value is -1.84. The van der Waals surface area contributed by atoms with Crippen molar-refractivity contribution in [1.29, 1.82) is 0 Å². The van der Waals surface area contributed by atoms with Gasteiger partial charge < -0.3 is 15.0 Å². The minimum Gasteiger partial charge on any atom is -0.390 e. The lowest BCUT2D eigenvalue weighted by Crippen LogP contribution is -2.40. The van der Waals surface area contributed by atoms with Gasteiger partial charge in [-0.15, -0.1) is 0 Å². The van der Waals surface area contributed by atoms with Gasteiger partial charge in [-0.3, -0.25) is 4.79 Å². The highest BCUT2D eigenvalue weighted by Crippen LogP contribution is 2.42. The van der Waals surface area contributed by atoms with Gasteiger partial charge in [0, 0.05) is 30.8 Å². The predicted molar refractivity (Wildman–Crippen MR) is 78.6 cm³/mol. The van der Waals surface area contributed by atoms with E-state index in [1.54, 1.807) is 11.9 Å². The Morgan fingerprint density at radius 3 is 2.70 bits per heavy atom. The van der Waals surface area contributed by atoms with E-state index in [9.17, 15) is 9.59 Å². The van der Waals surface area contributed by atoms with E-state index >= 15 is 0 Å². The zero-order chi connectivity index (χ0) is 14.7. The van der Waals surface area contributed by atoms with E-state index < -0.39 is 0 Å². The first-order chi connectivity index (χ1) is 9.61. The van der Waals surface area contributed by atoms with Gasteiger partial charge in [0.15, 0.2) is 0 Å². The summed E-state index contributed by atoms with van der Waals surface area (Å²) in [5, 5.41) is 3.01. The third kappa shape index (κ3) is 2.42. The number of amides is 1. The highest BCUT2D eigenvalue weighted by molar-refractivity contribution is 5.85. The van der Waals surface area contributed by atoms with Crippen LogP contribution in [0.25, 0.3) is 0 Å². The van der Waals surface area contributed by atoms with Crippen LogP contribution in [0, 0.1) is 11.8 Å². The Labute approximate surface area is 120 Å². The summed E-state index contributed by atoms with van der Waals surface area (Å²) in [5.74, 6) is 0.337. The van der Waals surface area contributed by atoms with Gasteiger partial charge in [-0.2, -0.15) is 0 Å². The highest BCUT2D eigenvalue weighted by atomic mass is 16.2. The summed E-state index contributed by atoms with van der Waals surface area (Å²) in [6.45, 7) is 8.11. The van der Waals surface area contributed by atoms with E-state index in [1.807, 2.05) is 0 Å². The summed E-state index contributed by atoms with van der Waals surface area (Å²) in [6.07, 6.45) is 7.73. The van der Waals surface area contributed by atoms with Gasteiger partial charge in [-0.05, 0) is 19.3 Å². The van der Waals surface area contributed by atoms with Crippen molar-refractivity contribution in [3.05, 3.63) is 36.7 Å². The minimum absolute atomic E-state index is 0.0101. The molecule has 20 heavy (non-hydrogen) atoms. The molecule has 1 aliphatic carbocycles. The fraction of sp³-hybridized carbons (Fsp3) is 0.500. The first-order valence-electron chi connectivity index (χ1n) is 7.08. The fourth-order valence-corrected chi connectivity index (χ4v) is 3.16. The van der Waals surface area contributed by atoms with Gasteiger partial charge >= 0.3 is 0 Å². The van der Waals surface area contributed by atoms with Crippen LogP contribution in [0.2, 0.25) is 0 Å². The molecule has 1 saturated heterocycles. The summed E-state index contributed by atoms with van der Waals surface area (Å²) in [6, 6.07) is -0.184. The summed E-state index contributed by atoms with van der Waals surface area (Å²) >= 11 is 0. The lowest BCUT2D eigenvalue weighted by Gasteiger charge is -2.30. The Bertz CT molecular complexity index is 441. The molecular weight excluding hydrogens is 252 g/mol. The van der Waals surface area contributed by atoms with E-state index in [-0.39, 0.29) is 23.8 Å². The number of aldehydes is 1. The smallest absolute Gasteiger partial charge is 0.231 e. The number of nitrogens with zero attached hydrogens (tertiary/aromatic N) is 1. The second kappa shape index (κ2) is 6.07. The van der Waals surface area contributed by atoms with Crippen molar-refractivity contribution in [3.8, 4) is 0 Å². The van der Waals surface area contributed by atoms with Crippen molar-refractivity contribution in [1.82, 2.24) is 10.2 Å². The SMILES string of the molecule is C=C(NC)C(CCC=O)N1C(=C)C2CC=CCC2C1=O. The second-order valence-electron chi connectivity index (χ2n) is 5.39. The van der Waals surface area contributed by atoms with E-state index in [4.69, 9.17) is 0 Å². The lowest BCUT2D eigenvalue weighted by molar-refractivity contribution is -0.132. The van der Waals surface area contributed by atoms with Gasteiger partial charge in [-0.25, -0.2) is 0 Å². The Kier molecular flexibility index (Phi) is 4.42. The quantitative estimate of drug-likeness (QED) is 0.595. The molecule has 4 nitrogen and oxygen atoms in total. The number of allylic oxidation sites excluding steroid dienone is 3. The van der Waals surface area contributed by atoms with Crippen LogP contribution in [0.1, 0.15) is 25.7 Å². The third-order valence-corrected chi connectivity index (χ3v) is 4.32. The number of carbonyl (C=O) groups excluding carboxylic acids is 2. The molecule has 3 unspecified atom stereocenters. The molecule has 0 aromatic carbocycles. The van der Waals surface area contributed by atoms with Crippen LogP contribution in [0.4, 0.5) is 0 Å². The van der Waals surface area contributed by atoms with Crippen LogP contribution in [-0.4, -0.2) is 30.2 Å². The fourth-order valence-electron chi connectivity index (χ4n) is 3.16. The molecule has 1 N–H and O–H groups in total. The average molecular weight is 274 g/mol. The number of hydrogen-bond donors (Lipinski definition) is 1. The molecule has 1 fully saturated rings. The molecule has 0 spiro atoms. The van der Waals surface area contributed by atoms with Crippen LogP contribution in [0.15, 0.2) is 36.7 Å². The number of nitrogens with one attached hydrogen (secondary N) is 1. The molecule has 0 saturated carbocycles. The van der Waals surface area contributed by atoms with Gasteiger partial charge in [0.2, 0.25) is 5.91 Å². The monoisotopic (exact) mass is 274 g/mol. The van der Waals surface area contributed by atoms with Crippen molar-refractivity contribution in [2.45, 2.75) is 31.7 Å². The van der Waals surface area contributed by atoms with Gasteiger partial charge in [0.05, 0.1) is 12.0 Å². The number of carbonyl (C=O) groups is 2. The maximum absolute atomic E-state index is 12.6. The third-order valence-electron chi connectivity index (χ3n) is 4.32. The van der Waals surface area contributed by atoms with Crippen LogP contribution in [0.3, 0.4) is 0 Å². The van der Waals surface area contributed by atoms with Gasteiger partial charge in [-0.1, -0.05) is 25.3 Å². The number of likely N-dealkylation sites (N-methyl/N-ethyl adjacent to an activating group) is 1. The van der Waals surface area contributed by atoms with Crippen molar-refractivity contribution < 1.29 is 9.59 Å². The normalized spacial score (nSPS) is 26.4. The molecule has 0 radical (unpaired) electrons. The number of likely N-dealkylation sites (tertiary alicyclic amines) is 1. The molecule has 4 heteroatoms. The number of fused-ring (bicyclic) bond motifs is 1. The van der Waals surface area contributed by atoms with Crippen LogP contribution >= 0.6 is 0 Å². The van der Waals surface area contributed by atoms with Crippen molar-refractivity contribution >= 4 is 12.2 Å². The largest absolute Gasteiger partial charge is 0.390 e. The highest BCUT2D eigenvalue weighted by Gasteiger charge is 2.46. The molecule has 3 atom stereocenters. The van der Waals surface area contributed by atoms with Crippen LogP contribution in [0.5, 0.6) is 0 Å². The second-order valence-corrected chi connectivity index (χ2v) is 5.39. The van der Waals surface area contributed by atoms with Gasteiger partial charge in [0.1, 0.15) is 6.29 Å². The minimum atomic E-state index is -0.184. The standard InChI is InChI=1S/C16H22N2O2/c1-11(17-3)15(9-6-10-19)18-12(2)13-7-4-5-8-14(13)16(18)20/h4-5,10,13-15,17H,1-2,6-9H2,3H3. The Morgan fingerprint density at radius 1 is 1.50 bits per heavy atom. The molecule has 1 aliphatic heterocycles. The molecule has 0 bridgehead atoms. The lowest BCUT2D eigenvalue weighted by atomic mass is 9.84. The molecule has 1 amide bonds. The van der Waals surface area contributed by atoms with Crippen molar-refractivity contribution in [2.75, 3.05) is 7.05 Å². The van der Waals surface area contributed by atoms with Crippen LogP contribution < -0.4 is 5.32 Å². The van der Waals surface area contributed by atoms with Crippen molar-refractivity contribution in [2.24, 2.45) is 11.8 Å². The first kappa shape index (κ1) is 14.6. The van der Waals surface area contributed by atoms with Crippen LogP contribution in [-0.2, 0) is 9.59 Å². The Morgan fingerprint density at radius 2 is 2.15 bits per heavy atom. The number of hydrogen-bond acceptors (Lipinski definition) is 3. The van der Waals surface area contributed by atoms with Crippen molar-refractivity contribution in [3.63, 3.8) is 0 Å². The van der Waals surface area contributed by atoms with E-state index in [0.717, 1.165) is 30.5 Å². The van der Waals surface area contributed by atoms with Gasteiger partial charge in [0.25, 0.3) is 0 Å². The zero-order valence-corrected chi connectivity index (χ0v) is 12.0. The number of rotatable bonds is 6. The van der Waals surface area contributed by atoms with E-state index in [0.29, 0.717) is 12.8 Å². The predicted octanol–water partition coefficient (Wildman–Crippen LogP) is 2.01. The van der Waals surface area contributed by atoms with E-state index in [1.165, 1.54) is 0 Å². The molecule has 2 rings (SSSR count). The molecule has 2 aliphatic rings. The molecule has 0 aromatic rings. The van der Waals surface area contributed by atoms with E-state index in [2.05, 4.69) is 30.6 Å². The zero-order valence-electron chi connectivity index (χ0n) is 12.0. The maximum atomic E-state index is 12.6. The topological polar surface area (TPSA) is 49.4 Å². The summed E-state index contributed by atoms with van der Waals surface area (Å²) in [4.78, 5) is 25.1. The molecule has 108 valence electrons.